The normalized spacial score (nSPS) is 14.7. The van der Waals surface area contributed by atoms with Crippen LogP contribution in [0, 0.1) is 5.82 Å². The predicted octanol–water partition coefficient (Wildman–Crippen LogP) is 6.74. The Morgan fingerprint density at radius 3 is 2.50 bits per heavy atom. The van der Waals surface area contributed by atoms with Gasteiger partial charge in [-0.05, 0) is 78.4 Å². The Morgan fingerprint density at radius 2 is 1.81 bits per heavy atom. The smallest absolute Gasteiger partial charge is 0.147 e. The highest BCUT2D eigenvalue weighted by Gasteiger charge is 2.19. The molecule has 4 heteroatoms. The number of hydrogen-bond acceptors (Lipinski definition) is 3. The number of likely N-dealkylation sites (N-methyl/N-ethyl adjacent to an activating group) is 1. The molecule has 0 saturated carbocycles. The van der Waals surface area contributed by atoms with Crippen molar-refractivity contribution in [1.29, 1.82) is 0 Å². The van der Waals surface area contributed by atoms with E-state index in [1.54, 1.807) is 6.07 Å². The van der Waals surface area contributed by atoms with Crippen LogP contribution in [0.3, 0.4) is 0 Å². The van der Waals surface area contributed by atoms with Crippen LogP contribution in [0.15, 0.2) is 42.5 Å². The molecule has 1 aliphatic rings. The standard InChI is InChI=1S/C28H34FN3/c1-5-32(6-2)14-13-30-27-18-26-24(17-25(27)29)16-23-12-11-22(28(23)31-26)15-20-7-9-21(10-8-20)19(3)4/h7-10,15-19,30H,5-6,11-14H2,1-4H3/b22-15+. The van der Waals surface area contributed by atoms with Crippen molar-refractivity contribution in [3.63, 3.8) is 0 Å². The molecule has 4 rings (SSSR count). The first-order chi connectivity index (χ1) is 15.5. The fraction of sp³-hybridized carbons (Fsp3) is 0.393. The van der Waals surface area contributed by atoms with Gasteiger partial charge in [-0.15, -0.1) is 0 Å². The van der Waals surface area contributed by atoms with Crippen molar-refractivity contribution in [2.75, 3.05) is 31.5 Å². The lowest BCUT2D eigenvalue weighted by molar-refractivity contribution is 0.316. The minimum Gasteiger partial charge on any atom is -0.381 e. The lowest BCUT2D eigenvalue weighted by Crippen LogP contribution is -2.28. The van der Waals surface area contributed by atoms with Gasteiger partial charge in [-0.25, -0.2) is 9.37 Å². The molecule has 1 aliphatic carbocycles. The maximum Gasteiger partial charge on any atom is 0.147 e. The number of aromatic nitrogens is 1. The quantitative estimate of drug-likeness (QED) is 0.428. The van der Waals surface area contributed by atoms with Crippen LogP contribution < -0.4 is 5.32 Å². The van der Waals surface area contributed by atoms with Crippen molar-refractivity contribution >= 4 is 28.2 Å². The van der Waals surface area contributed by atoms with Crippen molar-refractivity contribution < 1.29 is 4.39 Å². The van der Waals surface area contributed by atoms with Gasteiger partial charge < -0.3 is 10.2 Å². The summed E-state index contributed by atoms with van der Waals surface area (Å²) in [5.74, 6) is 0.324. The monoisotopic (exact) mass is 431 g/mol. The predicted molar refractivity (Wildman–Crippen MR) is 135 cm³/mol. The highest BCUT2D eigenvalue weighted by Crippen LogP contribution is 2.35. The number of nitrogens with zero attached hydrogens (tertiary/aromatic N) is 2. The van der Waals surface area contributed by atoms with Gasteiger partial charge >= 0.3 is 0 Å². The molecular formula is C28H34FN3. The number of rotatable bonds is 8. The van der Waals surface area contributed by atoms with E-state index in [0.717, 1.165) is 49.1 Å². The van der Waals surface area contributed by atoms with Crippen LogP contribution in [0.4, 0.5) is 10.1 Å². The maximum absolute atomic E-state index is 14.7. The van der Waals surface area contributed by atoms with E-state index in [2.05, 4.69) is 74.3 Å². The first-order valence-corrected chi connectivity index (χ1v) is 11.9. The number of benzene rings is 2. The molecule has 0 atom stereocenters. The molecule has 0 amide bonds. The Kier molecular flexibility index (Phi) is 6.90. The van der Waals surface area contributed by atoms with Gasteiger partial charge in [-0.2, -0.15) is 0 Å². The molecule has 32 heavy (non-hydrogen) atoms. The molecular weight excluding hydrogens is 397 g/mol. The summed E-state index contributed by atoms with van der Waals surface area (Å²) >= 11 is 0. The first kappa shape index (κ1) is 22.5. The van der Waals surface area contributed by atoms with Gasteiger partial charge in [0.2, 0.25) is 0 Å². The summed E-state index contributed by atoms with van der Waals surface area (Å²) in [6, 6.07) is 14.4. The second-order valence-corrected chi connectivity index (χ2v) is 8.97. The van der Waals surface area contributed by atoms with Gasteiger partial charge in [-0.1, -0.05) is 52.0 Å². The van der Waals surface area contributed by atoms with Gasteiger partial charge in [0.05, 0.1) is 16.9 Å². The third-order valence-corrected chi connectivity index (χ3v) is 6.53. The molecule has 1 heterocycles. The molecule has 3 aromatic rings. The van der Waals surface area contributed by atoms with Crippen LogP contribution in [-0.2, 0) is 6.42 Å². The van der Waals surface area contributed by atoms with Crippen molar-refractivity contribution in [3.05, 3.63) is 70.7 Å². The lowest BCUT2D eigenvalue weighted by atomic mass is 10.0. The number of nitrogens with one attached hydrogen (secondary N) is 1. The minimum absolute atomic E-state index is 0.210. The maximum atomic E-state index is 14.7. The fourth-order valence-corrected chi connectivity index (χ4v) is 4.44. The second-order valence-electron chi connectivity index (χ2n) is 8.97. The Bertz CT molecular complexity index is 1110. The van der Waals surface area contributed by atoms with E-state index in [1.165, 1.54) is 22.3 Å². The van der Waals surface area contributed by atoms with Crippen molar-refractivity contribution in [3.8, 4) is 0 Å². The Morgan fingerprint density at radius 1 is 1.06 bits per heavy atom. The van der Waals surface area contributed by atoms with E-state index in [0.29, 0.717) is 18.2 Å². The number of anilines is 1. The van der Waals surface area contributed by atoms with E-state index in [9.17, 15) is 4.39 Å². The number of fused-ring (bicyclic) bond motifs is 2. The molecule has 0 unspecified atom stereocenters. The fourth-order valence-electron chi connectivity index (χ4n) is 4.44. The van der Waals surface area contributed by atoms with E-state index < -0.39 is 0 Å². The number of hydrogen-bond donors (Lipinski definition) is 1. The molecule has 168 valence electrons. The van der Waals surface area contributed by atoms with Crippen molar-refractivity contribution in [2.45, 2.75) is 46.5 Å². The number of aryl methyl sites for hydroxylation is 1. The molecule has 0 fully saturated rings. The average molecular weight is 432 g/mol. The molecule has 0 saturated heterocycles. The van der Waals surface area contributed by atoms with E-state index in [-0.39, 0.29) is 5.82 Å². The molecule has 0 radical (unpaired) electrons. The largest absolute Gasteiger partial charge is 0.381 e. The highest BCUT2D eigenvalue weighted by molar-refractivity contribution is 5.90. The van der Waals surface area contributed by atoms with Crippen LogP contribution in [0.2, 0.25) is 0 Å². The Balaban J connectivity index is 1.59. The molecule has 3 nitrogen and oxygen atoms in total. The summed E-state index contributed by atoms with van der Waals surface area (Å²) in [6.07, 6.45) is 4.18. The van der Waals surface area contributed by atoms with Crippen LogP contribution in [0.5, 0.6) is 0 Å². The summed E-state index contributed by atoms with van der Waals surface area (Å²) < 4.78 is 14.7. The topological polar surface area (TPSA) is 28.2 Å². The summed E-state index contributed by atoms with van der Waals surface area (Å²) in [7, 11) is 0. The van der Waals surface area contributed by atoms with Crippen molar-refractivity contribution in [1.82, 2.24) is 9.88 Å². The summed E-state index contributed by atoms with van der Waals surface area (Å²) in [5, 5.41) is 4.14. The number of pyridine rings is 1. The third-order valence-electron chi connectivity index (χ3n) is 6.53. The number of allylic oxidation sites excluding steroid dienone is 1. The van der Waals surface area contributed by atoms with Crippen LogP contribution in [-0.4, -0.2) is 36.1 Å². The molecule has 1 aromatic heterocycles. The highest BCUT2D eigenvalue weighted by atomic mass is 19.1. The summed E-state index contributed by atoms with van der Waals surface area (Å²) in [6.45, 7) is 12.3. The van der Waals surface area contributed by atoms with Crippen LogP contribution in [0.1, 0.15) is 62.4 Å². The molecule has 0 spiro atoms. The minimum atomic E-state index is -0.210. The SMILES string of the molecule is CCN(CC)CCNc1cc2nc3c(cc2cc1F)CC/C3=C\c1ccc(C(C)C)cc1. The van der Waals surface area contributed by atoms with E-state index in [1.807, 2.05) is 6.07 Å². The molecule has 2 aromatic carbocycles. The van der Waals surface area contributed by atoms with Gasteiger partial charge in [0.1, 0.15) is 5.82 Å². The Hall–Kier alpha value is -2.72. The van der Waals surface area contributed by atoms with Gasteiger partial charge in [0, 0.05) is 18.5 Å². The zero-order valence-corrected chi connectivity index (χ0v) is 19.7. The molecule has 1 N–H and O–H groups in total. The van der Waals surface area contributed by atoms with Gasteiger partial charge in [0.25, 0.3) is 0 Å². The van der Waals surface area contributed by atoms with Crippen LogP contribution >= 0.6 is 0 Å². The zero-order valence-electron chi connectivity index (χ0n) is 19.7. The van der Waals surface area contributed by atoms with E-state index in [4.69, 9.17) is 4.98 Å². The zero-order chi connectivity index (χ0) is 22.7. The molecule has 0 aliphatic heterocycles. The summed E-state index contributed by atoms with van der Waals surface area (Å²) in [4.78, 5) is 7.29. The number of halogens is 1. The van der Waals surface area contributed by atoms with E-state index >= 15 is 0 Å². The first-order valence-electron chi connectivity index (χ1n) is 11.9. The third kappa shape index (κ3) is 4.86. The lowest BCUT2D eigenvalue weighted by Gasteiger charge is -2.18. The average Bonchev–Trinajstić information content (AvgIpc) is 3.17. The van der Waals surface area contributed by atoms with Gasteiger partial charge in [-0.3, -0.25) is 0 Å². The van der Waals surface area contributed by atoms with Crippen LogP contribution in [0.25, 0.3) is 22.6 Å². The van der Waals surface area contributed by atoms with Gasteiger partial charge in [0.15, 0.2) is 0 Å². The van der Waals surface area contributed by atoms with Crippen molar-refractivity contribution in [2.24, 2.45) is 0 Å². The summed E-state index contributed by atoms with van der Waals surface area (Å²) in [5.41, 5.74) is 7.47. The molecule has 0 bridgehead atoms. The second kappa shape index (κ2) is 9.83. The Labute approximate surface area is 191 Å².